The van der Waals surface area contributed by atoms with Crippen LogP contribution in [-0.2, 0) is 13.5 Å². The summed E-state index contributed by atoms with van der Waals surface area (Å²) in [6.45, 7) is 2.07. The van der Waals surface area contributed by atoms with E-state index in [1.165, 1.54) is 0 Å². The van der Waals surface area contributed by atoms with Crippen LogP contribution < -0.4 is 5.32 Å². The van der Waals surface area contributed by atoms with Crippen molar-refractivity contribution in [3.05, 3.63) is 40.6 Å². The van der Waals surface area contributed by atoms with E-state index in [4.69, 9.17) is 16.0 Å². The highest BCUT2D eigenvalue weighted by Crippen LogP contribution is 2.30. The Hall–Kier alpha value is -1.26. The number of aromatic nitrogens is 2. The first-order valence-electron chi connectivity index (χ1n) is 5.60. The van der Waals surface area contributed by atoms with Crippen molar-refractivity contribution in [3.8, 4) is 0 Å². The Morgan fingerprint density at radius 2 is 2.35 bits per heavy atom. The van der Waals surface area contributed by atoms with Crippen LogP contribution in [0.2, 0.25) is 5.02 Å². The number of nitrogens with one attached hydrogen (secondary N) is 1. The van der Waals surface area contributed by atoms with Crippen molar-refractivity contribution in [2.45, 2.75) is 19.4 Å². The van der Waals surface area contributed by atoms with E-state index in [1.54, 1.807) is 17.1 Å². The Morgan fingerprint density at radius 3 is 2.88 bits per heavy atom. The second-order valence-corrected chi connectivity index (χ2v) is 4.28. The van der Waals surface area contributed by atoms with Gasteiger partial charge in [-0.25, -0.2) is 0 Å². The van der Waals surface area contributed by atoms with Crippen LogP contribution in [0.4, 0.5) is 0 Å². The Balaban J connectivity index is 2.47. The lowest BCUT2D eigenvalue weighted by Gasteiger charge is -2.17. The van der Waals surface area contributed by atoms with Gasteiger partial charge in [0.05, 0.1) is 29.2 Å². The van der Waals surface area contributed by atoms with Gasteiger partial charge in [-0.05, 0) is 13.1 Å². The first kappa shape index (κ1) is 12.2. The third kappa shape index (κ3) is 2.10. The maximum absolute atomic E-state index is 6.18. The number of nitrogens with zero attached hydrogens (tertiary/aromatic N) is 2. The van der Waals surface area contributed by atoms with Gasteiger partial charge in [-0.2, -0.15) is 5.10 Å². The fraction of sp³-hybridized carbons (Fsp3) is 0.417. The largest absolute Gasteiger partial charge is 0.469 e. The van der Waals surface area contributed by atoms with Crippen molar-refractivity contribution in [1.29, 1.82) is 0 Å². The van der Waals surface area contributed by atoms with Gasteiger partial charge in [0.15, 0.2) is 0 Å². The lowest BCUT2D eigenvalue weighted by Crippen LogP contribution is -2.21. The molecule has 2 rings (SSSR count). The van der Waals surface area contributed by atoms with E-state index in [9.17, 15) is 0 Å². The summed E-state index contributed by atoms with van der Waals surface area (Å²) in [4.78, 5) is 0. The van der Waals surface area contributed by atoms with Gasteiger partial charge in [0.2, 0.25) is 0 Å². The van der Waals surface area contributed by atoms with E-state index in [0.717, 1.165) is 23.4 Å². The van der Waals surface area contributed by atoms with E-state index in [1.807, 2.05) is 20.2 Å². The molecule has 5 heteroatoms. The smallest absolute Gasteiger partial charge is 0.108 e. The molecule has 1 atom stereocenters. The second kappa shape index (κ2) is 4.94. The van der Waals surface area contributed by atoms with Gasteiger partial charge in [-0.15, -0.1) is 0 Å². The highest BCUT2D eigenvalue weighted by Gasteiger charge is 2.22. The normalized spacial score (nSPS) is 12.9. The molecule has 0 saturated heterocycles. The third-order valence-electron chi connectivity index (χ3n) is 2.91. The Kier molecular flexibility index (Phi) is 3.54. The molecule has 0 amide bonds. The number of furan rings is 1. The average Bonchev–Trinajstić information content (AvgIpc) is 2.91. The van der Waals surface area contributed by atoms with Gasteiger partial charge in [0, 0.05) is 19.0 Å². The Morgan fingerprint density at radius 1 is 1.59 bits per heavy atom. The molecule has 0 bridgehead atoms. The van der Waals surface area contributed by atoms with Gasteiger partial charge < -0.3 is 9.73 Å². The summed E-state index contributed by atoms with van der Waals surface area (Å²) in [5.41, 5.74) is 2.06. The standard InChI is InChI=1S/C12H16ClN3O/c1-4-10-8(5-6-17-10)11(14-2)12-9(13)7-15-16(12)3/h5-7,11,14H,4H2,1-3H3. The molecule has 92 valence electrons. The minimum absolute atomic E-state index is 0.00343. The average molecular weight is 254 g/mol. The summed E-state index contributed by atoms with van der Waals surface area (Å²) >= 11 is 6.18. The number of halogens is 1. The minimum Gasteiger partial charge on any atom is -0.469 e. The fourth-order valence-corrected chi connectivity index (χ4v) is 2.35. The van der Waals surface area contributed by atoms with Crippen molar-refractivity contribution in [1.82, 2.24) is 15.1 Å². The van der Waals surface area contributed by atoms with Crippen molar-refractivity contribution in [3.63, 3.8) is 0 Å². The lowest BCUT2D eigenvalue weighted by atomic mass is 10.0. The number of rotatable bonds is 4. The van der Waals surface area contributed by atoms with Gasteiger partial charge in [0.25, 0.3) is 0 Å². The molecule has 0 radical (unpaired) electrons. The molecular weight excluding hydrogens is 238 g/mol. The molecule has 0 aromatic carbocycles. The van der Waals surface area contributed by atoms with Gasteiger partial charge in [-0.3, -0.25) is 4.68 Å². The zero-order valence-corrected chi connectivity index (χ0v) is 11.0. The number of hydrogen-bond acceptors (Lipinski definition) is 3. The van der Waals surface area contributed by atoms with E-state index < -0.39 is 0 Å². The molecular formula is C12H16ClN3O. The van der Waals surface area contributed by atoms with Gasteiger partial charge >= 0.3 is 0 Å². The summed E-state index contributed by atoms with van der Waals surface area (Å²) in [6.07, 6.45) is 4.23. The molecule has 4 nitrogen and oxygen atoms in total. The van der Waals surface area contributed by atoms with Crippen LogP contribution in [-0.4, -0.2) is 16.8 Å². The summed E-state index contributed by atoms with van der Waals surface area (Å²) in [5, 5.41) is 8.08. The summed E-state index contributed by atoms with van der Waals surface area (Å²) < 4.78 is 7.25. The number of aryl methyl sites for hydroxylation is 2. The van der Waals surface area contributed by atoms with Crippen molar-refractivity contribution >= 4 is 11.6 Å². The highest BCUT2D eigenvalue weighted by molar-refractivity contribution is 6.31. The number of hydrogen-bond donors (Lipinski definition) is 1. The van der Waals surface area contributed by atoms with Crippen LogP contribution in [0.5, 0.6) is 0 Å². The third-order valence-corrected chi connectivity index (χ3v) is 3.20. The molecule has 2 aromatic rings. The summed E-state index contributed by atoms with van der Waals surface area (Å²) in [5.74, 6) is 0.974. The van der Waals surface area contributed by atoms with Crippen LogP contribution >= 0.6 is 11.6 Å². The van der Waals surface area contributed by atoms with Gasteiger partial charge in [-0.1, -0.05) is 18.5 Å². The van der Waals surface area contributed by atoms with Crippen LogP contribution in [0.25, 0.3) is 0 Å². The highest BCUT2D eigenvalue weighted by atomic mass is 35.5. The van der Waals surface area contributed by atoms with Crippen molar-refractivity contribution in [2.24, 2.45) is 7.05 Å². The molecule has 0 saturated carbocycles. The molecule has 2 heterocycles. The maximum Gasteiger partial charge on any atom is 0.108 e. The Labute approximate surface area is 106 Å². The van der Waals surface area contributed by atoms with Crippen molar-refractivity contribution < 1.29 is 4.42 Å². The minimum atomic E-state index is 0.00343. The SMILES string of the molecule is CCc1occc1C(NC)c1c(Cl)cnn1C. The molecule has 0 spiro atoms. The quantitative estimate of drug-likeness (QED) is 0.911. The lowest BCUT2D eigenvalue weighted by molar-refractivity contribution is 0.501. The molecule has 0 aliphatic heterocycles. The van der Waals surface area contributed by atoms with Crippen LogP contribution in [0, 0.1) is 0 Å². The topological polar surface area (TPSA) is 43.0 Å². The predicted octanol–water partition coefficient (Wildman–Crippen LogP) is 2.54. The van der Waals surface area contributed by atoms with Gasteiger partial charge in [0.1, 0.15) is 5.76 Å². The molecule has 1 N–H and O–H groups in total. The maximum atomic E-state index is 6.18. The molecule has 0 fully saturated rings. The molecule has 17 heavy (non-hydrogen) atoms. The van der Waals surface area contributed by atoms with E-state index >= 15 is 0 Å². The van der Waals surface area contributed by atoms with Crippen LogP contribution in [0.15, 0.2) is 22.9 Å². The van der Waals surface area contributed by atoms with E-state index in [-0.39, 0.29) is 6.04 Å². The van der Waals surface area contributed by atoms with Crippen LogP contribution in [0.3, 0.4) is 0 Å². The van der Waals surface area contributed by atoms with Crippen molar-refractivity contribution in [2.75, 3.05) is 7.05 Å². The monoisotopic (exact) mass is 253 g/mol. The van der Waals surface area contributed by atoms with E-state index in [0.29, 0.717) is 5.02 Å². The van der Waals surface area contributed by atoms with Crippen LogP contribution in [0.1, 0.15) is 30.0 Å². The fourth-order valence-electron chi connectivity index (χ4n) is 2.08. The zero-order chi connectivity index (χ0) is 12.4. The molecule has 0 aliphatic carbocycles. The summed E-state index contributed by atoms with van der Waals surface area (Å²) in [7, 11) is 3.79. The second-order valence-electron chi connectivity index (χ2n) is 3.88. The Bertz CT molecular complexity index is 484. The zero-order valence-electron chi connectivity index (χ0n) is 10.2. The predicted molar refractivity (Wildman–Crippen MR) is 67.2 cm³/mol. The summed E-state index contributed by atoms with van der Waals surface area (Å²) in [6, 6.07) is 1.98. The molecule has 0 aliphatic rings. The first-order valence-corrected chi connectivity index (χ1v) is 5.97. The van der Waals surface area contributed by atoms with E-state index in [2.05, 4.69) is 17.3 Å². The molecule has 2 aromatic heterocycles. The first-order chi connectivity index (χ1) is 8.19. The molecule has 1 unspecified atom stereocenters.